The monoisotopic (exact) mass is 391 g/mol. The van der Waals surface area contributed by atoms with E-state index in [9.17, 15) is 9.59 Å². The molecule has 2 amide bonds. The molecule has 1 aliphatic heterocycles. The maximum absolute atomic E-state index is 12.6. The first-order valence-corrected chi connectivity index (χ1v) is 10.1. The topological polar surface area (TPSA) is 78.4 Å². The molecule has 1 fully saturated rings. The molecule has 0 bridgehead atoms. The first kappa shape index (κ1) is 18.7. The molecule has 0 atom stereocenters. The molecule has 7 nitrogen and oxygen atoms in total. The highest BCUT2D eigenvalue weighted by Gasteiger charge is 2.24. The number of hydrogen-bond acceptors (Lipinski definition) is 7. The van der Waals surface area contributed by atoms with Crippen LogP contribution in [0.15, 0.2) is 28.6 Å². The number of piperazine rings is 1. The number of aryl methyl sites for hydroxylation is 1. The number of anilines is 1. The van der Waals surface area contributed by atoms with E-state index < -0.39 is 0 Å². The van der Waals surface area contributed by atoms with E-state index in [1.165, 1.54) is 23.1 Å². The molecule has 0 unspecified atom stereocenters. The van der Waals surface area contributed by atoms with Gasteiger partial charge in [-0.25, -0.2) is 0 Å². The SMILES string of the molecule is CNC(=O)CSc1nnc(N2CCN(C(=O)c3cccc(C)c3)CC2)s1. The lowest BCUT2D eigenvalue weighted by molar-refractivity contribution is -0.118. The van der Waals surface area contributed by atoms with Gasteiger partial charge in [-0.2, -0.15) is 0 Å². The van der Waals surface area contributed by atoms with Crippen molar-refractivity contribution in [3.8, 4) is 0 Å². The zero-order valence-corrected chi connectivity index (χ0v) is 16.4. The Balaban J connectivity index is 1.54. The van der Waals surface area contributed by atoms with Crippen LogP contribution in [0.1, 0.15) is 15.9 Å². The average Bonchev–Trinajstić information content (AvgIpc) is 3.14. The van der Waals surface area contributed by atoms with E-state index in [0.717, 1.165) is 33.7 Å². The van der Waals surface area contributed by atoms with Gasteiger partial charge in [-0.15, -0.1) is 10.2 Å². The first-order chi connectivity index (χ1) is 12.6. The van der Waals surface area contributed by atoms with Crippen molar-refractivity contribution in [2.75, 3.05) is 43.9 Å². The fourth-order valence-electron chi connectivity index (χ4n) is 2.65. The van der Waals surface area contributed by atoms with Crippen LogP contribution in [0, 0.1) is 6.92 Å². The van der Waals surface area contributed by atoms with Crippen LogP contribution in [0.5, 0.6) is 0 Å². The number of nitrogens with one attached hydrogen (secondary N) is 1. The van der Waals surface area contributed by atoms with Crippen molar-refractivity contribution < 1.29 is 9.59 Å². The van der Waals surface area contributed by atoms with Gasteiger partial charge in [0, 0.05) is 38.8 Å². The molecular weight excluding hydrogens is 370 g/mol. The number of aromatic nitrogens is 2. The van der Waals surface area contributed by atoms with Crippen LogP contribution in [-0.2, 0) is 4.79 Å². The van der Waals surface area contributed by atoms with Crippen LogP contribution in [0.25, 0.3) is 0 Å². The van der Waals surface area contributed by atoms with Gasteiger partial charge in [0.1, 0.15) is 0 Å². The number of hydrogen-bond donors (Lipinski definition) is 1. The van der Waals surface area contributed by atoms with Gasteiger partial charge in [0.25, 0.3) is 5.91 Å². The van der Waals surface area contributed by atoms with Crippen molar-refractivity contribution in [3.05, 3.63) is 35.4 Å². The lowest BCUT2D eigenvalue weighted by Gasteiger charge is -2.34. The molecule has 0 radical (unpaired) electrons. The van der Waals surface area contributed by atoms with Gasteiger partial charge in [0.15, 0.2) is 4.34 Å². The van der Waals surface area contributed by atoms with E-state index in [1.54, 1.807) is 7.05 Å². The largest absolute Gasteiger partial charge is 0.358 e. The summed E-state index contributed by atoms with van der Waals surface area (Å²) < 4.78 is 0.780. The number of amides is 2. The van der Waals surface area contributed by atoms with Gasteiger partial charge < -0.3 is 15.1 Å². The molecule has 2 heterocycles. The predicted molar refractivity (Wildman–Crippen MR) is 104 cm³/mol. The second-order valence-electron chi connectivity index (χ2n) is 5.96. The molecular formula is C17H21N5O2S2. The van der Waals surface area contributed by atoms with Gasteiger partial charge in [-0.1, -0.05) is 40.8 Å². The summed E-state index contributed by atoms with van der Waals surface area (Å²) in [5.41, 5.74) is 1.83. The summed E-state index contributed by atoms with van der Waals surface area (Å²) in [6, 6.07) is 7.69. The third-order valence-electron chi connectivity index (χ3n) is 4.10. The second kappa shape index (κ2) is 8.50. The molecule has 138 valence electrons. The Morgan fingerprint density at radius 3 is 2.69 bits per heavy atom. The van der Waals surface area contributed by atoms with Crippen LogP contribution in [0.2, 0.25) is 0 Å². The Hall–Kier alpha value is -2.13. The first-order valence-electron chi connectivity index (χ1n) is 8.34. The lowest BCUT2D eigenvalue weighted by atomic mass is 10.1. The van der Waals surface area contributed by atoms with E-state index in [0.29, 0.717) is 18.8 Å². The van der Waals surface area contributed by atoms with Crippen LogP contribution in [0.4, 0.5) is 5.13 Å². The number of rotatable bonds is 5. The van der Waals surface area contributed by atoms with Gasteiger partial charge in [0.05, 0.1) is 5.75 Å². The van der Waals surface area contributed by atoms with Gasteiger partial charge in [0.2, 0.25) is 11.0 Å². The molecule has 0 aliphatic carbocycles. The highest BCUT2D eigenvalue weighted by atomic mass is 32.2. The fourth-order valence-corrected chi connectivity index (χ4v) is 4.41. The van der Waals surface area contributed by atoms with E-state index in [2.05, 4.69) is 20.4 Å². The molecule has 2 aromatic rings. The Bertz CT molecular complexity index is 787. The lowest BCUT2D eigenvalue weighted by Crippen LogP contribution is -2.48. The molecule has 0 spiro atoms. The molecule has 0 saturated carbocycles. The maximum atomic E-state index is 12.6. The van der Waals surface area contributed by atoms with Crippen molar-refractivity contribution in [1.82, 2.24) is 20.4 Å². The van der Waals surface area contributed by atoms with Gasteiger partial charge in [-0.3, -0.25) is 9.59 Å². The summed E-state index contributed by atoms with van der Waals surface area (Å²) in [5.74, 6) is 0.381. The van der Waals surface area contributed by atoms with Crippen LogP contribution < -0.4 is 10.2 Å². The molecule has 1 saturated heterocycles. The summed E-state index contributed by atoms with van der Waals surface area (Å²) in [6.07, 6.45) is 0. The Morgan fingerprint density at radius 1 is 1.23 bits per heavy atom. The van der Waals surface area contributed by atoms with Crippen LogP contribution >= 0.6 is 23.1 Å². The minimum absolute atomic E-state index is 0.0324. The number of thioether (sulfide) groups is 1. The van der Waals surface area contributed by atoms with Crippen molar-refractivity contribution in [2.45, 2.75) is 11.3 Å². The van der Waals surface area contributed by atoms with Crippen molar-refractivity contribution in [2.24, 2.45) is 0 Å². The van der Waals surface area contributed by atoms with E-state index in [4.69, 9.17) is 0 Å². The third-order valence-corrected chi connectivity index (χ3v) is 6.22. The van der Waals surface area contributed by atoms with Crippen molar-refractivity contribution in [1.29, 1.82) is 0 Å². The van der Waals surface area contributed by atoms with Crippen molar-refractivity contribution >= 4 is 40.0 Å². The van der Waals surface area contributed by atoms with Crippen molar-refractivity contribution in [3.63, 3.8) is 0 Å². The second-order valence-corrected chi connectivity index (χ2v) is 8.14. The van der Waals surface area contributed by atoms with E-state index in [-0.39, 0.29) is 11.8 Å². The smallest absolute Gasteiger partial charge is 0.253 e. The average molecular weight is 392 g/mol. The van der Waals surface area contributed by atoms with Crippen LogP contribution in [-0.4, -0.2) is 65.9 Å². The summed E-state index contributed by atoms with van der Waals surface area (Å²) in [4.78, 5) is 27.9. The molecule has 1 aromatic carbocycles. The summed E-state index contributed by atoms with van der Waals surface area (Å²) in [5, 5.41) is 11.8. The maximum Gasteiger partial charge on any atom is 0.253 e. The Labute approximate surface area is 160 Å². The fraction of sp³-hybridized carbons (Fsp3) is 0.412. The summed E-state index contributed by atoms with van der Waals surface area (Å²) in [6.45, 7) is 4.77. The zero-order valence-electron chi connectivity index (χ0n) is 14.8. The zero-order chi connectivity index (χ0) is 18.5. The van der Waals surface area contributed by atoms with E-state index in [1.807, 2.05) is 36.1 Å². The predicted octanol–water partition coefficient (Wildman–Crippen LogP) is 1.65. The van der Waals surface area contributed by atoms with Crippen LogP contribution in [0.3, 0.4) is 0 Å². The molecule has 3 rings (SSSR count). The molecule has 26 heavy (non-hydrogen) atoms. The molecule has 9 heteroatoms. The Morgan fingerprint density at radius 2 is 2.00 bits per heavy atom. The minimum Gasteiger partial charge on any atom is -0.358 e. The Kier molecular flexibility index (Phi) is 6.10. The molecule has 1 aromatic heterocycles. The highest BCUT2D eigenvalue weighted by molar-refractivity contribution is 8.01. The standard InChI is InChI=1S/C17H21N5O2S2/c1-12-4-3-5-13(10-12)15(24)21-6-8-22(9-7-21)16-19-20-17(26-16)25-11-14(23)18-2/h3-5,10H,6-9,11H2,1-2H3,(H,18,23). The molecule has 1 aliphatic rings. The summed E-state index contributed by atoms with van der Waals surface area (Å²) >= 11 is 2.87. The third kappa shape index (κ3) is 4.53. The quantitative estimate of drug-likeness (QED) is 0.781. The van der Waals surface area contributed by atoms with E-state index >= 15 is 0 Å². The number of benzene rings is 1. The number of carbonyl (C=O) groups is 2. The van der Waals surface area contributed by atoms with Gasteiger partial charge >= 0.3 is 0 Å². The molecule has 1 N–H and O–H groups in total. The van der Waals surface area contributed by atoms with Gasteiger partial charge in [-0.05, 0) is 19.1 Å². The minimum atomic E-state index is -0.0324. The number of carbonyl (C=O) groups excluding carboxylic acids is 2. The highest BCUT2D eigenvalue weighted by Crippen LogP contribution is 2.28. The number of nitrogens with zero attached hydrogens (tertiary/aromatic N) is 4. The summed E-state index contributed by atoms with van der Waals surface area (Å²) in [7, 11) is 1.62. The normalized spacial score (nSPS) is 14.4.